The van der Waals surface area contributed by atoms with Gasteiger partial charge < -0.3 is 19.7 Å². The quantitative estimate of drug-likeness (QED) is 0.784. The summed E-state index contributed by atoms with van der Waals surface area (Å²) >= 11 is 0. The summed E-state index contributed by atoms with van der Waals surface area (Å²) in [4.78, 5) is 38.7. The second-order valence-corrected chi connectivity index (χ2v) is 7.27. The summed E-state index contributed by atoms with van der Waals surface area (Å²) in [6.45, 7) is 4.64. The average Bonchev–Trinajstić information content (AvgIpc) is 2.74. The molecule has 0 unspecified atom stereocenters. The van der Waals surface area contributed by atoms with Gasteiger partial charge in [0.05, 0.1) is 25.4 Å². The number of ether oxygens (including phenoxy) is 2. The lowest BCUT2D eigenvalue weighted by molar-refractivity contribution is -0.141. The van der Waals surface area contributed by atoms with Crippen LogP contribution in [0.15, 0.2) is 24.3 Å². The zero-order chi connectivity index (χ0) is 19.9. The van der Waals surface area contributed by atoms with Crippen molar-refractivity contribution in [1.29, 1.82) is 0 Å². The minimum absolute atomic E-state index is 0.0195. The predicted octanol–water partition coefficient (Wildman–Crippen LogP) is 2.47. The fraction of sp³-hybridized carbons (Fsp3) is 0.571. The van der Waals surface area contributed by atoms with Crippen molar-refractivity contribution < 1.29 is 23.9 Å². The van der Waals surface area contributed by atoms with Gasteiger partial charge in [-0.2, -0.15) is 0 Å². The molecule has 2 amide bonds. The SMILES string of the molecule is CCOC(=O)c1ccc(NC(=O)C2CCC(C(=O)N3CCOCC3)CC2)cc1. The molecule has 7 heteroatoms. The summed E-state index contributed by atoms with van der Waals surface area (Å²) in [5.74, 6) is -0.258. The molecule has 0 radical (unpaired) electrons. The molecule has 0 aromatic heterocycles. The molecule has 2 fully saturated rings. The first-order valence-electron chi connectivity index (χ1n) is 10.0. The molecule has 0 bridgehead atoms. The van der Waals surface area contributed by atoms with Crippen molar-refractivity contribution >= 4 is 23.5 Å². The van der Waals surface area contributed by atoms with Crippen LogP contribution in [0, 0.1) is 11.8 Å². The molecule has 1 aromatic rings. The van der Waals surface area contributed by atoms with Crippen LogP contribution in [0.25, 0.3) is 0 Å². The Bertz CT molecular complexity index is 689. The van der Waals surface area contributed by atoms with Crippen LogP contribution in [0.4, 0.5) is 5.69 Å². The number of nitrogens with zero attached hydrogens (tertiary/aromatic N) is 1. The van der Waals surface area contributed by atoms with Crippen molar-refractivity contribution in [2.75, 3.05) is 38.2 Å². The topological polar surface area (TPSA) is 84.9 Å². The van der Waals surface area contributed by atoms with E-state index in [1.165, 1.54) is 0 Å². The Labute approximate surface area is 165 Å². The number of nitrogens with one attached hydrogen (secondary N) is 1. The van der Waals surface area contributed by atoms with Gasteiger partial charge in [0.1, 0.15) is 0 Å². The highest BCUT2D eigenvalue weighted by Gasteiger charge is 2.32. The van der Waals surface area contributed by atoms with E-state index in [1.807, 2.05) is 4.90 Å². The smallest absolute Gasteiger partial charge is 0.338 e. The van der Waals surface area contributed by atoms with Gasteiger partial charge in [0.2, 0.25) is 11.8 Å². The summed E-state index contributed by atoms with van der Waals surface area (Å²) < 4.78 is 10.3. The maximum absolute atomic E-state index is 12.6. The summed E-state index contributed by atoms with van der Waals surface area (Å²) in [6, 6.07) is 6.70. The number of carbonyl (C=O) groups excluding carboxylic acids is 3. The molecule has 152 valence electrons. The maximum atomic E-state index is 12.6. The highest BCUT2D eigenvalue weighted by atomic mass is 16.5. The van der Waals surface area contributed by atoms with E-state index < -0.39 is 0 Å². The lowest BCUT2D eigenvalue weighted by Crippen LogP contribution is -2.44. The molecule has 1 saturated heterocycles. The van der Waals surface area contributed by atoms with E-state index in [1.54, 1.807) is 31.2 Å². The second-order valence-electron chi connectivity index (χ2n) is 7.27. The van der Waals surface area contributed by atoms with Gasteiger partial charge in [-0.25, -0.2) is 4.79 Å². The zero-order valence-corrected chi connectivity index (χ0v) is 16.3. The zero-order valence-electron chi connectivity index (χ0n) is 16.3. The Morgan fingerprint density at radius 1 is 1.04 bits per heavy atom. The number of esters is 1. The average molecular weight is 388 g/mol. The van der Waals surface area contributed by atoms with Gasteiger partial charge >= 0.3 is 5.97 Å². The molecule has 1 aliphatic carbocycles. The molecule has 7 nitrogen and oxygen atoms in total. The van der Waals surface area contributed by atoms with Crippen LogP contribution >= 0.6 is 0 Å². The van der Waals surface area contributed by atoms with Crippen LogP contribution in [0.1, 0.15) is 43.0 Å². The minimum atomic E-state index is -0.372. The molecular formula is C21H28N2O5. The van der Waals surface area contributed by atoms with Crippen molar-refractivity contribution in [2.24, 2.45) is 11.8 Å². The second kappa shape index (κ2) is 9.68. The standard InChI is InChI=1S/C21H28N2O5/c1-2-28-21(26)17-7-9-18(10-8-17)22-19(24)15-3-5-16(6-4-15)20(25)23-11-13-27-14-12-23/h7-10,15-16H,2-6,11-14H2,1H3,(H,22,24). The first-order valence-corrected chi connectivity index (χ1v) is 10.0. The van der Waals surface area contributed by atoms with Crippen LogP contribution in [-0.4, -0.2) is 55.6 Å². The van der Waals surface area contributed by atoms with Crippen molar-refractivity contribution in [3.63, 3.8) is 0 Å². The molecule has 1 aromatic carbocycles. The fourth-order valence-electron chi connectivity index (χ4n) is 3.79. The van der Waals surface area contributed by atoms with E-state index in [0.717, 1.165) is 12.8 Å². The third kappa shape index (κ3) is 5.10. The molecule has 3 rings (SSSR count). The predicted molar refractivity (Wildman–Crippen MR) is 104 cm³/mol. The first kappa shape index (κ1) is 20.3. The molecule has 1 heterocycles. The van der Waals surface area contributed by atoms with Gasteiger partial charge in [0, 0.05) is 30.6 Å². The van der Waals surface area contributed by atoms with Gasteiger partial charge in [-0.3, -0.25) is 9.59 Å². The minimum Gasteiger partial charge on any atom is -0.462 e. The summed E-state index contributed by atoms with van der Waals surface area (Å²) in [5, 5.41) is 2.91. The maximum Gasteiger partial charge on any atom is 0.338 e. The molecule has 1 saturated carbocycles. The molecule has 1 N–H and O–H groups in total. The Balaban J connectivity index is 1.47. The number of morpholine rings is 1. The van der Waals surface area contributed by atoms with Crippen LogP contribution < -0.4 is 5.32 Å². The Kier molecular flexibility index (Phi) is 7.03. The third-order valence-electron chi connectivity index (χ3n) is 5.43. The number of carbonyl (C=O) groups is 3. The molecule has 0 atom stereocenters. The van der Waals surface area contributed by atoms with Crippen molar-refractivity contribution in [1.82, 2.24) is 4.90 Å². The molecule has 28 heavy (non-hydrogen) atoms. The Hall–Kier alpha value is -2.41. The molecule has 0 spiro atoms. The van der Waals surface area contributed by atoms with Gasteiger partial charge in [-0.1, -0.05) is 0 Å². The first-order chi connectivity index (χ1) is 13.6. The highest BCUT2D eigenvalue weighted by molar-refractivity contribution is 5.94. The van der Waals surface area contributed by atoms with E-state index in [9.17, 15) is 14.4 Å². The van der Waals surface area contributed by atoms with E-state index >= 15 is 0 Å². The van der Waals surface area contributed by atoms with Crippen LogP contribution in [0.3, 0.4) is 0 Å². The normalized spacial score (nSPS) is 22.4. The van der Waals surface area contributed by atoms with Gasteiger partial charge in [-0.05, 0) is 56.9 Å². The largest absolute Gasteiger partial charge is 0.462 e. The van der Waals surface area contributed by atoms with Crippen molar-refractivity contribution in [3.05, 3.63) is 29.8 Å². The van der Waals surface area contributed by atoms with Gasteiger partial charge in [-0.15, -0.1) is 0 Å². The third-order valence-corrected chi connectivity index (χ3v) is 5.43. The van der Waals surface area contributed by atoms with Crippen molar-refractivity contribution in [2.45, 2.75) is 32.6 Å². The van der Waals surface area contributed by atoms with E-state index in [4.69, 9.17) is 9.47 Å². The number of amides is 2. The van der Waals surface area contributed by atoms with Crippen LogP contribution in [0.5, 0.6) is 0 Å². The molecule has 2 aliphatic rings. The summed E-state index contributed by atoms with van der Waals surface area (Å²) in [7, 11) is 0. The number of rotatable bonds is 5. The van der Waals surface area contributed by atoms with E-state index in [0.29, 0.717) is 57.0 Å². The van der Waals surface area contributed by atoms with E-state index in [2.05, 4.69) is 5.32 Å². The Morgan fingerprint density at radius 3 is 2.25 bits per heavy atom. The number of hydrogen-bond donors (Lipinski definition) is 1. The molecule has 1 aliphatic heterocycles. The summed E-state index contributed by atoms with van der Waals surface area (Å²) in [6.07, 6.45) is 2.92. The fourth-order valence-corrected chi connectivity index (χ4v) is 3.79. The summed E-state index contributed by atoms with van der Waals surface area (Å²) in [5.41, 5.74) is 1.12. The molecular weight excluding hydrogens is 360 g/mol. The Morgan fingerprint density at radius 2 is 1.64 bits per heavy atom. The number of benzene rings is 1. The lowest BCUT2D eigenvalue weighted by Gasteiger charge is -2.33. The van der Waals surface area contributed by atoms with Crippen molar-refractivity contribution in [3.8, 4) is 0 Å². The van der Waals surface area contributed by atoms with Gasteiger partial charge in [0.25, 0.3) is 0 Å². The van der Waals surface area contributed by atoms with Crippen LogP contribution in [0.2, 0.25) is 0 Å². The van der Waals surface area contributed by atoms with E-state index in [-0.39, 0.29) is 29.6 Å². The van der Waals surface area contributed by atoms with Gasteiger partial charge in [0.15, 0.2) is 0 Å². The monoisotopic (exact) mass is 388 g/mol. The number of hydrogen-bond acceptors (Lipinski definition) is 5. The number of anilines is 1. The van der Waals surface area contributed by atoms with Crippen LogP contribution in [-0.2, 0) is 19.1 Å². The lowest BCUT2D eigenvalue weighted by atomic mass is 9.81. The highest BCUT2D eigenvalue weighted by Crippen LogP contribution is 2.31.